The average molecular weight is 404 g/mol. The number of hydrogen-bond acceptors (Lipinski definition) is 7. The number of benzene rings is 1. The molecule has 0 saturated heterocycles. The van der Waals surface area contributed by atoms with Crippen LogP contribution in [-0.2, 0) is 7.05 Å². The zero-order valence-corrected chi connectivity index (χ0v) is 17.6. The van der Waals surface area contributed by atoms with Crippen molar-refractivity contribution in [2.75, 3.05) is 46.3 Å². The Morgan fingerprint density at radius 3 is 2.46 bits per heavy atom. The summed E-state index contributed by atoms with van der Waals surface area (Å²) in [5.41, 5.74) is 1.08. The first-order chi connectivity index (χ1) is 13.4. The van der Waals surface area contributed by atoms with Gasteiger partial charge in [0.1, 0.15) is 21.7 Å². The van der Waals surface area contributed by atoms with Gasteiger partial charge >= 0.3 is 0 Å². The van der Waals surface area contributed by atoms with Gasteiger partial charge in [0.25, 0.3) is 5.91 Å². The highest BCUT2D eigenvalue weighted by Crippen LogP contribution is 2.40. The molecule has 9 heteroatoms. The van der Waals surface area contributed by atoms with E-state index in [2.05, 4.69) is 10.00 Å². The monoisotopic (exact) mass is 403 g/mol. The summed E-state index contributed by atoms with van der Waals surface area (Å²) in [6.07, 6.45) is 2.57. The molecule has 2 aromatic heterocycles. The number of fused-ring (bicyclic) bond motifs is 1. The van der Waals surface area contributed by atoms with Gasteiger partial charge in [0.2, 0.25) is 0 Å². The largest absolute Gasteiger partial charge is 0.495 e. The maximum Gasteiger partial charge on any atom is 0.280 e. The van der Waals surface area contributed by atoms with Crippen molar-refractivity contribution in [3.05, 3.63) is 30.1 Å². The van der Waals surface area contributed by atoms with E-state index in [0.717, 1.165) is 17.7 Å². The van der Waals surface area contributed by atoms with Crippen LogP contribution in [0.4, 0.5) is 5.13 Å². The molecular weight excluding hydrogens is 378 g/mol. The van der Waals surface area contributed by atoms with Crippen molar-refractivity contribution >= 4 is 32.6 Å². The maximum atomic E-state index is 13.2. The number of methoxy groups -OCH3 is 2. The molecule has 0 radical (unpaired) electrons. The molecule has 3 aromatic rings. The fourth-order valence-electron chi connectivity index (χ4n) is 2.89. The number of carbonyl (C=O) groups is 1. The van der Waals surface area contributed by atoms with E-state index in [1.807, 2.05) is 26.2 Å². The lowest BCUT2D eigenvalue weighted by atomic mass is 10.3. The fraction of sp³-hybridized carbons (Fsp3) is 0.421. The number of ether oxygens (including phenoxy) is 2. The van der Waals surface area contributed by atoms with Crippen LogP contribution in [0.3, 0.4) is 0 Å². The minimum Gasteiger partial charge on any atom is -0.495 e. The lowest BCUT2D eigenvalue weighted by molar-refractivity contribution is 0.0980. The number of anilines is 1. The minimum atomic E-state index is -0.170. The Labute approximate surface area is 168 Å². The molecule has 150 valence electrons. The van der Waals surface area contributed by atoms with Gasteiger partial charge in [-0.3, -0.25) is 14.4 Å². The Morgan fingerprint density at radius 2 is 1.86 bits per heavy atom. The number of aromatic nitrogens is 3. The molecule has 2 heterocycles. The van der Waals surface area contributed by atoms with Gasteiger partial charge in [-0.15, -0.1) is 0 Å². The highest BCUT2D eigenvalue weighted by atomic mass is 32.1. The van der Waals surface area contributed by atoms with Crippen molar-refractivity contribution in [2.45, 2.75) is 6.42 Å². The summed E-state index contributed by atoms with van der Waals surface area (Å²) in [7, 11) is 9.04. The summed E-state index contributed by atoms with van der Waals surface area (Å²) in [6, 6.07) is 5.39. The Bertz CT molecular complexity index is 925. The standard InChI is InChI=1S/C19H25N5O3S/c1-22(2)10-6-11-24(18(25)13-9-12-23(3)21-13)19-20-16-14(26-4)7-8-15(27-5)17(16)28-19/h7-9,12H,6,10-11H2,1-5H3. The van der Waals surface area contributed by atoms with E-state index in [-0.39, 0.29) is 5.91 Å². The Balaban J connectivity index is 2.02. The second-order valence-corrected chi connectivity index (χ2v) is 7.61. The molecule has 0 bridgehead atoms. The van der Waals surface area contributed by atoms with Gasteiger partial charge in [0.15, 0.2) is 10.8 Å². The Hall–Kier alpha value is -2.65. The summed E-state index contributed by atoms with van der Waals surface area (Å²) in [5.74, 6) is 1.19. The number of nitrogens with zero attached hydrogens (tertiary/aromatic N) is 5. The minimum absolute atomic E-state index is 0.170. The van der Waals surface area contributed by atoms with Gasteiger partial charge in [0.05, 0.1) is 14.2 Å². The summed E-state index contributed by atoms with van der Waals surface area (Å²) < 4.78 is 13.4. The molecule has 0 aliphatic rings. The van der Waals surface area contributed by atoms with E-state index < -0.39 is 0 Å². The van der Waals surface area contributed by atoms with Crippen molar-refractivity contribution < 1.29 is 14.3 Å². The van der Waals surface area contributed by atoms with Crippen molar-refractivity contribution in [3.63, 3.8) is 0 Å². The van der Waals surface area contributed by atoms with Crippen LogP contribution in [0.1, 0.15) is 16.9 Å². The molecule has 0 N–H and O–H groups in total. The molecule has 28 heavy (non-hydrogen) atoms. The predicted molar refractivity (Wildman–Crippen MR) is 111 cm³/mol. The number of hydrogen-bond donors (Lipinski definition) is 0. The summed E-state index contributed by atoms with van der Waals surface area (Å²) in [6.45, 7) is 1.40. The van der Waals surface area contributed by atoms with Gasteiger partial charge < -0.3 is 14.4 Å². The third kappa shape index (κ3) is 4.10. The van der Waals surface area contributed by atoms with Crippen LogP contribution in [0, 0.1) is 0 Å². The first-order valence-electron chi connectivity index (χ1n) is 8.92. The summed E-state index contributed by atoms with van der Waals surface area (Å²) in [5, 5.41) is 4.87. The van der Waals surface area contributed by atoms with Crippen molar-refractivity contribution in [2.24, 2.45) is 7.05 Å². The smallest absolute Gasteiger partial charge is 0.280 e. The molecule has 1 amide bonds. The lowest BCUT2D eigenvalue weighted by Crippen LogP contribution is -2.33. The molecule has 0 unspecified atom stereocenters. The van der Waals surface area contributed by atoms with Crippen LogP contribution >= 0.6 is 11.3 Å². The average Bonchev–Trinajstić information content (AvgIpc) is 3.30. The number of carbonyl (C=O) groups excluding carboxylic acids is 1. The van der Waals surface area contributed by atoms with Crippen LogP contribution in [0.2, 0.25) is 0 Å². The van der Waals surface area contributed by atoms with Crippen LogP contribution in [0.5, 0.6) is 11.5 Å². The Morgan fingerprint density at radius 1 is 1.14 bits per heavy atom. The van der Waals surface area contributed by atoms with Crippen molar-refractivity contribution in [1.29, 1.82) is 0 Å². The van der Waals surface area contributed by atoms with Gasteiger partial charge in [-0.1, -0.05) is 11.3 Å². The molecular formula is C19H25N5O3S. The summed E-state index contributed by atoms with van der Waals surface area (Å²) >= 11 is 1.42. The summed E-state index contributed by atoms with van der Waals surface area (Å²) in [4.78, 5) is 21.7. The number of rotatable bonds is 8. The predicted octanol–water partition coefficient (Wildman–Crippen LogP) is 2.65. The second kappa shape index (κ2) is 8.57. The highest BCUT2D eigenvalue weighted by Gasteiger charge is 2.24. The zero-order chi connectivity index (χ0) is 20.3. The highest BCUT2D eigenvalue weighted by molar-refractivity contribution is 7.22. The molecule has 8 nitrogen and oxygen atoms in total. The van der Waals surface area contributed by atoms with Crippen LogP contribution in [0.15, 0.2) is 24.4 Å². The molecule has 3 rings (SSSR count). The molecule has 0 aliphatic heterocycles. The molecule has 0 spiro atoms. The molecule has 0 atom stereocenters. The molecule has 1 aromatic carbocycles. The van der Waals surface area contributed by atoms with Crippen LogP contribution in [-0.4, -0.2) is 67.0 Å². The van der Waals surface area contributed by atoms with E-state index in [1.165, 1.54) is 11.3 Å². The first-order valence-corrected chi connectivity index (χ1v) is 9.74. The molecule has 0 aliphatic carbocycles. The maximum absolute atomic E-state index is 13.2. The van der Waals surface area contributed by atoms with E-state index in [0.29, 0.717) is 34.4 Å². The fourth-order valence-corrected chi connectivity index (χ4v) is 3.99. The quantitative estimate of drug-likeness (QED) is 0.576. The van der Waals surface area contributed by atoms with Crippen LogP contribution < -0.4 is 14.4 Å². The molecule has 0 fully saturated rings. The van der Waals surface area contributed by atoms with Gasteiger partial charge in [-0.05, 0) is 45.3 Å². The normalized spacial score (nSPS) is 11.2. The number of thiazole rings is 1. The second-order valence-electron chi connectivity index (χ2n) is 6.63. The number of aryl methyl sites for hydroxylation is 1. The van der Waals surface area contributed by atoms with Crippen molar-refractivity contribution in [3.8, 4) is 11.5 Å². The first kappa shape index (κ1) is 20.1. The third-order valence-corrected chi connectivity index (χ3v) is 5.39. The number of amides is 1. The molecule has 0 saturated carbocycles. The Kier molecular flexibility index (Phi) is 6.15. The SMILES string of the molecule is COc1ccc(OC)c2sc(N(CCCN(C)C)C(=O)c3ccn(C)n3)nc12. The van der Waals surface area contributed by atoms with Crippen LogP contribution in [0.25, 0.3) is 10.2 Å². The van der Waals surface area contributed by atoms with Gasteiger partial charge in [-0.2, -0.15) is 5.10 Å². The van der Waals surface area contributed by atoms with Gasteiger partial charge in [-0.25, -0.2) is 4.98 Å². The van der Waals surface area contributed by atoms with E-state index in [4.69, 9.17) is 14.5 Å². The zero-order valence-electron chi connectivity index (χ0n) is 16.8. The third-order valence-electron chi connectivity index (χ3n) is 4.29. The topological polar surface area (TPSA) is 72.7 Å². The van der Waals surface area contributed by atoms with E-state index in [1.54, 1.807) is 43.1 Å². The van der Waals surface area contributed by atoms with Crippen molar-refractivity contribution in [1.82, 2.24) is 19.7 Å². The van der Waals surface area contributed by atoms with E-state index >= 15 is 0 Å². The van der Waals surface area contributed by atoms with Gasteiger partial charge in [0, 0.05) is 19.8 Å². The van der Waals surface area contributed by atoms with E-state index in [9.17, 15) is 4.79 Å². The lowest BCUT2D eigenvalue weighted by Gasteiger charge is -2.20.